The molecule has 6 nitrogen and oxygen atoms in total. The number of carbonyl (C=O) groups is 1. The maximum Gasteiger partial charge on any atom is 0.236 e. The van der Waals surface area contributed by atoms with Crippen molar-refractivity contribution in [1.29, 1.82) is 0 Å². The first-order chi connectivity index (χ1) is 10.1. The molecule has 0 bridgehead atoms. The second kappa shape index (κ2) is 7.56. The Labute approximate surface area is 126 Å². The van der Waals surface area contributed by atoms with Crippen molar-refractivity contribution >= 4 is 5.91 Å². The molecule has 118 valence electrons. The Hall–Kier alpha value is -1.40. The number of nitrogens with zero attached hydrogens (tertiary/aromatic N) is 4. The van der Waals surface area contributed by atoms with Crippen molar-refractivity contribution in [2.45, 2.75) is 38.3 Å². The molecule has 1 unspecified atom stereocenters. The molecule has 0 aromatic carbocycles. The number of piperidine rings is 1. The van der Waals surface area contributed by atoms with Crippen LogP contribution < -0.4 is 0 Å². The number of likely N-dealkylation sites (tertiary alicyclic amines) is 1. The van der Waals surface area contributed by atoms with Crippen molar-refractivity contribution in [1.82, 2.24) is 19.6 Å². The fourth-order valence-electron chi connectivity index (χ4n) is 2.95. The van der Waals surface area contributed by atoms with E-state index in [9.17, 15) is 4.79 Å². The van der Waals surface area contributed by atoms with Crippen LogP contribution in [-0.2, 0) is 18.4 Å². The van der Waals surface area contributed by atoms with Crippen LogP contribution >= 0.6 is 0 Å². The molecule has 1 aromatic rings. The van der Waals surface area contributed by atoms with Crippen LogP contribution in [0.2, 0.25) is 0 Å². The van der Waals surface area contributed by atoms with Crippen LogP contribution in [0.1, 0.15) is 31.2 Å². The van der Waals surface area contributed by atoms with E-state index in [4.69, 9.17) is 5.11 Å². The molecular weight excluding hydrogens is 268 g/mol. The zero-order valence-electron chi connectivity index (χ0n) is 13.0. The van der Waals surface area contributed by atoms with E-state index in [1.807, 2.05) is 20.3 Å². The van der Waals surface area contributed by atoms with Gasteiger partial charge in [-0.15, -0.1) is 0 Å². The maximum atomic E-state index is 12.4. The lowest BCUT2D eigenvalue weighted by molar-refractivity contribution is -0.132. The van der Waals surface area contributed by atoms with Crippen molar-refractivity contribution < 1.29 is 9.90 Å². The molecule has 1 saturated heterocycles. The Morgan fingerprint density at radius 3 is 3.00 bits per heavy atom. The summed E-state index contributed by atoms with van der Waals surface area (Å²) in [6.07, 6.45) is 7.90. The Bertz CT molecular complexity index is 458. The summed E-state index contributed by atoms with van der Waals surface area (Å²) in [6, 6.07) is 0.347. The number of hydrogen-bond acceptors (Lipinski definition) is 4. The molecule has 1 N–H and O–H groups in total. The summed E-state index contributed by atoms with van der Waals surface area (Å²) in [6.45, 7) is 2.19. The van der Waals surface area contributed by atoms with Gasteiger partial charge in [0.25, 0.3) is 0 Å². The van der Waals surface area contributed by atoms with Crippen LogP contribution in [0.3, 0.4) is 0 Å². The van der Waals surface area contributed by atoms with Gasteiger partial charge in [-0.3, -0.25) is 14.4 Å². The van der Waals surface area contributed by atoms with Gasteiger partial charge in [0.15, 0.2) is 0 Å². The average Bonchev–Trinajstić information content (AvgIpc) is 2.86. The highest BCUT2D eigenvalue weighted by Gasteiger charge is 2.24. The normalized spacial score (nSPS) is 19.7. The van der Waals surface area contributed by atoms with Crippen LogP contribution in [0.4, 0.5) is 0 Å². The smallest absolute Gasteiger partial charge is 0.236 e. The summed E-state index contributed by atoms with van der Waals surface area (Å²) in [5.41, 5.74) is 1.04. The molecule has 0 saturated carbocycles. The van der Waals surface area contributed by atoms with Crippen molar-refractivity contribution in [3.63, 3.8) is 0 Å². The van der Waals surface area contributed by atoms with Gasteiger partial charge in [0.05, 0.1) is 12.7 Å². The van der Waals surface area contributed by atoms with E-state index < -0.39 is 0 Å². The van der Waals surface area contributed by atoms with Crippen LogP contribution in [0, 0.1) is 0 Å². The van der Waals surface area contributed by atoms with Gasteiger partial charge in [-0.25, -0.2) is 0 Å². The third-order valence-corrected chi connectivity index (χ3v) is 4.15. The molecule has 0 radical (unpaired) electrons. The van der Waals surface area contributed by atoms with Gasteiger partial charge in [-0.05, 0) is 25.8 Å². The van der Waals surface area contributed by atoms with Gasteiger partial charge < -0.3 is 10.0 Å². The first-order valence-corrected chi connectivity index (χ1v) is 7.66. The first kappa shape index (κ1) is 16.0. The Kier molecular flexibility index (Phi) is 5.76. The van der Waals surface area contributed by atoms with Gasteiger partial charge in [0, 0.05) is 45.0 Å². The van der Waals surface area contributed by atoms with Gasteiger partial charge in [-0.1, -0.05) is 6.42 Å². The van der Waals surface area contributed by atoms with Crippen molar-refractivity contribution in [3.05, 3.63) is 18.0 Å². The summed E-state index contributed by atoms with van der Waals surface area (Å²) in [5, 5.41) is 13.3. The minimum atomic E-state index is 0.128. The second-order valence-corrected chi connectivity index (χ2v) is 5.90. The van der Waals surface area contributed by atoms with Crippen LogP contribution in [0.15, 0.2) is 12.4 Å². The molecule has 1 fully saturated rings. The minimum Gasteiger partial charge on any atom is -0.396 e. The molecule has 0 spiro atoms. The quantitative estimate of drug-likeness (QED) is 0.835. The number of aromatic nitrogens is 2. The third-order valence-electron chi connectivity index (χ3n) is 4.15. The lowest BCUT2D eigenvalue weighted by Crippen LogP contribution is -2.46. The molecule has 1 aliphatic heterocycles. The SMILES string of the molecule is CN(Cc1cnn(C)c1)C(=O)CN1CCCCC1CCO. The monoisotopic (exact) mass is 294 g/mol. The van der Waals surface area contributed by atoms with Crippen LogP contribution in [0.5, 0.6) is 0 Å². The molecule has 1 atom stereocenters. The summed E-state index contributed by atoms with van der Waals surface area (Å²) in [4.78, 5) is 16.3. The van der Waals surface area contributed by atoms with E-state index in [2.05, 4.69) is 10.00 Å². The number of likely N-dealkylation sites (N-methyl/N-ethyl adjacent to an activating group) is 1. The van der Waals surface area contributed by atoms with Crippen molar-refractivity contribution in [2.75, 3.05) is 26.7 Å². The number of carbonyl (C=O) groups excluding carboxylic acids is 1. The molecule has 21 heavy (non-hydrogen) atoms. The van der Waals surface area contributed by atoms with Crippen molar-refractivity contribution in [2.24, 2.45) is 7.05 Å². The molecule has 1 aliphatic rings. The molecule has 2 rings (SSSR count). The van der Waals surface area contributed by atoms with E-state index in [1.54, 1.807) is 15.8 Å². The Morgan fingerprint density at radius 2 is 2.33 bits per heavy atom. The van der Waals surface area contributed by atoms with E-state index in [0.717, 1.165) is 31.4 Å². The zero-order chi connectivity index (χ0) is 15.2. The topological polar surface area (TPSA) is 61.6 Å². The number of rotatable bonds is 6. The lowest BCUT2D eigenvalue weighted by Gasteiger charge is -2.35. The predicted octanol–water partition coefficient (Wildman–Crippen LogP) is 0.615. The second-order valence-electron chi connectivity index (χ2n) is 5.90. The summed E-state index contributed by atoms with van der Waals surface area (Å²) < 4.78 is 1.75. The summed E-state index contributed by atoms with van der Waals surface area (Å²) >= 11 is 0. The highest BCUT2D eigenvalue weighted by Crippen LogP contribution is 2.19. The van der Waals surface area contributed by atoms with Gasteiger partial charge in [0.1, 0.15) is 0 Å². The molecular formula is C15H26N4O2. The average molecular weight is 294 g/mol. The van der Waals surface area contributed by atoms with E-state index in [-0.39, 0.29) is 12.5 Å². The van der Waals surface area contributed by atoms with E-state index in [1.165, 1.54) is 6.42 Å². The van der Waals surface area contributed by atoms with Gasteiger partial charge in [-0.2, -0.15) is 5.10 Å². The Balaban J connectivity index is 1.86. The fourth-order valence-corrected chi connectivity index (χ4v) is 2.95. The highest BCUT2D eigenvalue weighted by molar-refractivity contribution is 5.78. The predicted molar refractivity (Wildman–Crippen MR) is 80.6 cm³/mol. The Morgan fingerprint density at radius 1 is 1.52 bits per heavy atom. The lowest BCUT2D eigenvalue weighted by atomic mass is 9.99. The standard InChI is InChI=1S/C15H26N4O2/c1-17(10-13-9-16-18(2)11-13)15(21)12-19-7-4-3-5-14(19)6-8-20/h9,11,14,20H,3-8,10,12H2,1-2H3. The number of aliphatic hydroxyl groups excluding tert-OH is 1. The van der Waals surface area contributed by atoms with Gasteiger partial charge in [0.2, 0.25) is 5.91 Å². The number of aryl methyl sites for hydroxylation is 1. The largest absolute Gasteiger partial charge is 0.396 e. The summed E-state index contributed by atoms with van der Waals surface area (Å²) in [7, 11) is 3.71. The molecule has 1 aromatic heterocycles. The fraction of sp³-hybridized carbons (Fsp3) is 0.733. The van der Waals surface area contributed by atoms with Gasteiger partial charge >= 0.3 is 0 Å². The van der Waals surface area contributed by atoms with Crippen LogP contribution in [-0.4, -0.2) is 63.4 Å². The zero-order valence-corrected chi connectivity index (χ0v) is 13.0. The number of aliphatic hydroxyl groups is 1. The third kappa shape index (κ3) is 4.54. The van der Waals surface area contributed by atoms with E-state index >= 15 is 0 Å². The first-order valence-electron chi connectivity index (χ1n) is 7.66. The number of hydrogen-bond donors (Lipinski definition) is 1. The molecule has 2 heterocycles. The number of amides is 1. The maximum absolute atomic E-state index is 12.4. The molecule has 6 heteroatoms. The minimum absolute atomic E-state index is 0.128. The molecule has 1 amide bonds. The van der Waals surface area contributed by atoms with E-state index in [0.29, 0.717) is 19.1 Å². The highest BCUT2D eigenvalue weighted by atomic mass is 16.3. The summed E-state index contributed by atoms with van der Waals surface area (Å²) in [5.74, 6) is 0.128. The van der Waals surface area contributed by atoms with Crippen LogP contribution in [0.25, 0.3) is 0 Å². The van der Waals surface area contributed by atoms with Crippen molar-refractivity contribution in [3.8, 4) is 0 Å². The molecule has 0 aliphatic carbocycles.